The zero-order valence-corrected chi connectivity index (χ0v) is 11.9. The van der Waals surface area contributed by atoms with Crippen molar-refractivity contribution in [3.05, 3.63) is 47.7 Å². The zero-order chi connectivity index (χ0) is 13.8. The summed E-state index contributed by atoms with van der Waals surface area (Å²) in [5.74, 6) is 0.409. The standard InChI is InChI=1S/C16H20N2O/c1-11(2)15-9-10-16(18-17-15)14-7-5-13(6-8-14)12(3)19-4/h5-12H,1-4H3/t12-/m1/s1. The summed E-state index contributed by atoms with van der Waals surface area (Å²) < 4.78 is 5.30. The first-order valence-corrected chi connectivity index (χ1v) is 6.58. The van der Waals surface area contributed by atoms with Gasteiger partial charge in [0, 0.05) is 12.7 Å². The summed E-state index contributed by atoms with van der Waals surface area (Å²) >= 11 is 0. The molecule has 100 valence electrons. The lowest BCUT2D eigenvalue weighted by Crippen LogP contribution is -1.97. The lowest BCUT2D eigenvalue weighted by Gasteiger charge is -2.10. The first-order valence-electron chi connectivity index (χ1n) is 6.58. The molecule has 0 fully saturated rings. The maximum Gasteiger partial charge on any atom is 0.0929 e. The van der Waals surface area contributed by atoms with Crippen LogP contribution in [0.4, 0.5) is 0 Å². The molecule has 1 atom stereocenters. The summed E-state index contributed by atoms with van der Waals surface area (Å²) in [6.07, 6.45) is 0.114. The van der Waals surface area contributed by atoms with Gasteiger partial charge in [0.2, 0.25) is 0 Å². The summed E-state index contributed by atoms with van der Waals surface area (Å²) in [6.45, 7) is 6.27. The normalized spacial score (nSPS) is 12.7. The Morgan fingerprint density at radius 3 is 2.05 bits per heavy atom. The van der Waals surface area contributed by atoms with E-state index in [-0.39, 0.29) is 6.10 Å². The van der Waals surface area contributed by atoms with Crippen molar-refractivity contribution in [2.24, 2.45) is 0 Å². The smallest absolute Gasteiger partial charge is 0.0929 e. The Balaban J connectivity index is 2.22. The van der Waals surface area contributed by atoms with E-state index < -0.39 is 0 Å². The Labute approximate surface area is 114 Å². The van der Waals surface area contributed by atoms with Crippen molar-refractivity contribution in [2.45, 2.75) is 32.8 Å². The van der Waals surface area contributed by atoms with Crippen LogP contribution in [0.3, 0.4) is 0 Å². The van der Waals surface area contributed by atoms with Crippen LogP contribution in [0.1, 0.15) is 44.1 Å². The third-order valence-electron chi connectivity index (χ3n) is 3.31. The molecular formula is C16H20N2O. The minimum atomic E-state index is 0.114. The molecule has 1 aromatic heterocycles. The summed E-state index contributed by atoms with van der Waals surface area (Å²) in [7, 11) is 1.72. The van der Waals surface area contributed by atoms with Gasteiger partial charge >= 0.3 is 0 Å². The van der Waals surface area contributed by atoms with Crippen LogP contribution in [0.25, 0.3) is 11.3 Å². The van der Waals surface area contributed by atoms with Gasteiger partial charge in [0.25, 0.3) is 0 Å². The van der Waals surface area contributed by atoms with Crippen LogP contribution >= 0.6 is 0 Å². The number of methoxy groups -OCH3 is 1. The van der Waals surface area contributed by atoms with E-state index in [2.05, 4.69) is 48.3 Å². The van der Waals surface area contributed by atoms with Gasteiger partial charge in [0.15, 0.2) is 0 Å². The van der Waals surface area contributed by atoms with Crippen LogP contribution in [0.15, 0.2) is 36.4 Å². The van der Waals surface area contributed by atoms with E-state index >= 15 is 0 Å². The lowest BCUT2D eigenvalue weighted by atomic mass is 10.1. The number of rotatable bonds is 4. The molecule has 1 aromatic carbocycles. The van der Waals surface area contributed by atoms with Crippen molar-refractivity contribution in [3.63, 3.8) is 0 Å². The Morgan fingerprint density at radius 1 is 0.895 bits per heavy atom. The average Bonchev–Trinajstić information content (AvgIpc) is 2.46. The molecule has 0 aliphatic carbocycles. The van der Waals surface area contributed by atoms with Crippen LogP contribution in [-0.4, -0.2) is 17.3 Å². The number of ether oxygens (including phenoxy) is 1. The van der Waals surface area contributed by atoms with E-state index in [4.69, 9.17) is 4.74 Å². The molecule has 0 unspecified atom stereocenters. The van der Waals surface area contributed by atoms with Gasteiger partial charge in [-0.2, -0.15) is 10.2 Å². The Kier molecular flexibility index (Phi) is 4.27. The van der Waals surface area contributed by atoms with Crippen molar-refractivity contribution in [2.75, 3.05) is 7.11 Å². The number of nitrogens with zero attached hydrogens (tertiary/aromatic N) is 2. The van der Waals surface area contributed by atoms with E-state index in [0.717, 1.165) is 22.5 Å². The largest absolute Gasteiger partial charge is 0.377 e. The van der Waals surface area contributed by atoms with Gasteiger partial charge in [0.05, 0.1) is 17.5 Å². The predicted octanol–water partition coefficient (Wildman–Crippen LogP) is 3.97. The number of benzene rings is 1. The molecule has 0 bridgehead atoms. The van der Waals surface area contributed by atoms with Crippen molar-refractivity contribution in [1.82, 2.24) is 10.2 Å². The molecule has 1 heterocycles. The SMILES string of the molecule is CO[C@H](C)c1ccc(-c2ccc(C(C)C)nn2)cc1. The van der Waals surface area contributed by atoms with E-state index in [1.54, 1.807) is 7.11 Å². The maximum atomic E-state index is 5.30. The lowest BCUT2D eigenvalue weighted by molar-refractivity contribution is 0.119. The molecule has 0 amide bonds. The van der Waals surface area contributed by atoms with Crippen LogP contribution < -0.4 is 0 Å². The van der Waals surface area contributed by atoms with Gasteiger partial charge in [-0.25, -0.2) is 0 Å². The van der Waals surface area contributed by atoms with Gasteiger partial charge in [-0.15, -0.1) is 0 Å². The summed E-state index contributed by atoms with van der Waals surface area (Å²) in [6, 6.07) is 12.3. The van der Waals surface area contributed by atoms with Crippen molar-refractivity contribution in [3.8, 4) is 11.3 Å². The molecule has 19 heavy (non-hydrogen) atoms. The third kappa shape index (κ3) is 3.18. The summed E-state index contributed by atoms with van der Waals surface area (Å²) in [4.78, 5) is 0. The van der Waals surface area contributed by atoms with Gasteiger partial charge in [-0.05, 0) is 30.5 Å². The quantitative estimate of drug-likeness (QED) is 0.830. The van der Waals surface area contributed by atoms with Gasteiger partial charge < -0.3 is 4.74 Å². The molecular weight excluding hydrogens is 236 g/mol. The molecule has 0 aliphatic heterocycles. The highest BCUT2D eigenvalue weighted by molar-refractivity contribution is 5.58. The fourth-order valence-corrected chi connectivity index (χ4v) is 1.87. The second-order valence-corrected chi connectivity index (χ2v) is 5.00. The zero-order valence-electron chi connectivity index (χ0n) is 11.9. The molecule has 0 saturated heterocycles. The van der Waals surface area contributed by atoms with Crippen molar-refractivity contribution >= 4 is 0 Å². The Hall–Kier alpha value is -1.74. The Bertz CT molecular complexity index is 517. The highest BCUT2D eigenvalue weighted by atomic mass is 16.5. The van der Waals surface area contributed by atoms with Crippen LogP contribution in [0.5, 0.6) is 0 Å². The molecule has 0 spiro atoms. The topological polar surface area (TPSA) is 35.0 Å². The fraction of sp³-hybridized carbons (Fsp3) is 0.375. The number of hydrogen-bond acceptors (Lipinski definition) is 3. The molecule has 0 saturated carbocycles. The molecule has 3 heteroatoms. The van der Waals surface area contributed by atoms with Crippen LogP contribution in [0, 0.1) is 0 Å². The van der Waals surface area contributed by atoms with Gasteiger partial charge in [0.1, 0.15) is 0 Å². The molecule has 2 aromatic rings. The highest BCUT2D eigenvalue weighted by Crippen LogP contribution is 2.22. The first kappa shape index (κ1) is 13.7. The van der Waals surface area contributed by atoms with E-state index in [1.807, 2.05) is 19.1 Å². The third-order valence-corrected chi connectivity index (χ3v) is 3.31. The fourth-order valence-electron chi connectivity index (χ4n) is 1.87. The van der Waals surface area contributed by atoms with Crippen molar-refractivity contribution in [1.29, 1.82) is 0 Å². The second kappa shape index (κ2) is 5.93. The van der Waals surface area contributed by atoms with E-state index in [1.165, 1.54) is 0 Å². The molecule has 3 nitrogen and oxygen atoms in total. The highest BCUT2D eigenvalue weighted by Gasteiger charge is 2.06. The van der Waals surface area contributed by atoms with Crippen LogP contribution in [0.2, 0.25) is 0 Å². The first-order chi connectivity index (χ1) is 9.11. The monoisotopic (exact) mass is 256 g/mol. The maximum absolute atomic E-state index is 5.30. The number of hydrogen-bond donors (Lipinski definition) is 0. The molecule has 0 aliphatic rings. The van der Waals surface area contributed by atoms with Crippen LogP contribution in [-0.2, 0) is 4.74 Å². The predicted molar refractivity (Wildman–Crippen MR) is 77.0 cm³/mol. The van der Waals surface area contributed by atoms with E-state index in [0.29, 0.717) is 5.92 Å². The summed E-state index contributed by atoms with van der Waals surface area (Å²) in [5.41, 5.74) is 4.17. The van der Waals surface area contributed by atoms with E-state index in [9.17, 15) is 0 Å². The molecule has 2 rings (SSSR count). The molecule has 0 radical (unpaired) electrons. The minimum absolute atomic E-state index is 0.114. The van der Waals surface area contributed by atoms with Crippen molar-refractivity contribution < 1.29 is 4.74 Å². The second-order valence-electron chi connectivity index (χ2n) is 5.00. The summed E-state index contributed by atoms with van der Waals surface area (Å²) in [5, 5.41) is 8.54. The minimum Gasteiger partial charge on any atom is -0.377 e. The van der Waals surface area contributed by atoms with Gasteiger partial charge in [-0.1, -0.05) is 38.1 Å². The Morgan fingerprint density at radius 2 is 1.58 bits per heavy atom. The number of aromatic nitrogens is 2. The average molecular weight is 256 g/mol. The van der Waals surface area contributed by atoms with Gasteiger partial charge in [-0.3, -0.25) is 0 Å². The molecule has 0 N–H and O–H groups in total.